The van der Waals surface area contributed by atoms with Crippen LogP contribution >= 0.6 is 11.3 Å². The molecule has 0 aliphatic heterocycles. The van der Waals surface area contributed by atoms with Gasteiger partial charge in [0, 0.05) is 0 Å². The van der Waals surface area contributed by atoms with Gasteiger partial charge in [-0.25, -0.2) is 0 Å². The fourth-order valence-electron chi connectivity index (χ4n) is 2.10. The highest BCUT2D eigenvalue weighted by Crippen LogP contribution is 2.33. The Balaban J connectivity index is 2.07. The van der Waals surface area contributed by atoms with Crippen LogP contribution in [0.5, 0.6) is 0 Å². The second-order valence-electron chi connectivity index (χ2n) is 5.22. The molecule has 3 rings (SSSR count). The van der Waals surface area contributed by atoms with E-state index in [0.29, 0.717) is 9.67 Å². The van der Waals surface area contributed by atoms with Gasteiger partial charge in [-0.3, -0.25) is 0 Å². The number of thiophene rings is 1. The van der Waals surface area contributed by atoms with Gasteiger partial charge in [-0.15, -0.1) is 16.4 Å². The van der Waals surface area contributed by atoms with Gasteiger partial charge in [0.15, 0.2) is 5.69 Å². The van der Waals surface area contributed by atoms with Crippen molar-refractivity contribution < 1.29 is 21.6 Å². The van der Waals surface area contributed by atoms with Crippen molar-refractivity contribution >= 4 is 21.4 Å². The van der Waals surface area contributed by atoms with E-state index >= 15 is 0 Å². The summed E-state index contributed by atoms with van der Waals surface area (Å²) in [5, 5.41) is 5.14. The standard InChI is InChI=1S/C15H12F3N3O2S2/c1-10-7-13(24-9-10)12-8-14(15(16,17)18)19-21(12)20-25(22,23)11-5-3-2-4-6-11/h2-9,20H,1H3. The average molecular weight is 387 g/mol. The molecular weight excluding hydrogens is 375 g/mol. The first-order valence-electron chi connectivity index (χ1n) is 6.97. The van der Waals surface area contributed by atoms with Gasteiger partial charge in [0.25, 0.3) is 10.0 Å². The van der Waals surface area contributed by atoms with Crippen molar-refractivity contribution in [2.45, 2.75) is 18.0 Å². The third-order valence-electron chi connectivity index (χ3n) is 3.24. The number of aromatic nitrogens is 2. The van der Waals surface area contributed by atoms with Crippen molar-refractivity contribution in [1.82, 2.24) is 9.89 Å². The highest BCUT2D eigenvalue weighted by Gasteiger charge is 2.36. The topological polar surface area (TPSA) is 64.0 Å². The molecule has 25 heavy (non-hydrogen) atoms. The molecule has 0 saturated heterocycles. The molecule has 1 aromatic carbocycles. The van der Waals surface area contributed by atoms with E-state index in [-0.39, 0.29) is 10.6 Å². The first-order valence-corrected chi connectivity index (χ1v) is 9.34. The number of hydrogen-bond acceptors (Lipinski definition) is 4. The highest BCUT2D eigenvalue weighted by atomic mass is 32.2. The van der Waals surface area contributed by atoms with E-state index in [2.05, 4.69) is 9.93 Å². The van der Waals surface area contributed by atoms with Gasteiger partial charge in [0.1, 0.15) is 5.69 Å². The lowest BCUT2D eigenvalue weighted by Gasteiger charge is -2.10. The summed E-state index contributed by atoms with van der Waals surface area (Å²) in [6.45, 7) is 1.79. The summed E-state index contributed by atoms with van der Waals surface area (Å²) in [6, 6.07) is 9.82. The fourth-order valence-corrected chi connectivity index (χ4v) is 3.99. The minimum absolute atomic E-state index is 0.0185. The lowest BCUT2D eigenvalue weighted by Crippen LogP contribution is -2.25. The van der Waals surface area contributed by atoms with Crippen molar-refractivity contribution in [2.24, 2.45) is 0 Å². The molecule has 0 saturated carbocycles. The molecule has 0 spiro atoms. The Morgan fingerprint density at radius 3 is 2.40 bits per heavy atom. The van der Waals surface area contributed by atoms with E-state index < -0.39 is 21.9 Å². The summed E-state index contributed by atoms with van der Waals surface area (Å²) in [7, 11) is -4.08. The van der Waals surface area contributed by atoms with Gasteiger partial charge < -0.3 is 0 Å². The van der Waals surface area contributed by atoms with Crippen LogP contribution < -0.4 is 4.83 Å². The Morgan fingerprint density at radius 2 is 1.84 bits per heavy atom. The Kier molecular flexibility index (Phi) is 4.33. The fraction of sp³-hybridized carbons (Fsp3) is 0.133. The average Bonchev–Trinajstić information content (AvgIpc) is 3.13. The van der Waals surface area contributed by atoms with Crippen LogP contribution in [0, 0.1) is 6.92 Å². The monoisotopic (exact) mass is 387 g/mol. The first kappa shape index (κ1) is 17.5. The first-order chi connectivity index (χ1) is 11.7. The van der Waals surface area contributed by atoms with E-state index in [1.165, 1.54) is 35.6 Å². The number of hydrogen-bond donors (Lipinski definition) is 1. The SMILES string of the molecule is Cc1csc(-c2cc(C(F)(F)F)nn2NS(=O)(=O)c2ccccc2)c1. The molecule has 0 radical (unpaired) electrons. The van der Waals surface area contributed by atoms with Crippen molar-refractivity contribution in [3.8, 4) is 10.6 Å². The molecule has 10 heteroatoms. The predicted molar refractivity (Wildman–Crippen MR) is 88.3 cm³/mol. The van der Waals surface area contributed by atoms with E-state index in [0.717, 1.165) is 11.6 Å². The van der Waals surface area contributed by atoms with E-state index in [1.54, 1.807) is 24.4 Å². The van der Waals surface area contributed by atoms with Gasteiger partial charge in [-0.2, -0.15) is 31.2 Å². The Bertz CT molecular complexity index is 993. The van der Waals surface area contributed by atoms with Gasteiger partial charge in [-0.1, -0.05) is 18.2 Å². The van der Waals surface area contributed by atoms with E-state index in [1.807, 2.05) is 0 Å². The van der Waals surface area contributed by atoms with Crippen LogP contribution in [0.2, 0.25) is 0 Å². The molecular formula is C15H12F3N3O2S2. The molecule has 1 N–H and O–H groups in total. The molecule has 132 valence electrons. The maximum absolute atomic E-state index is 13.0. The van der Waals surface area contributed by atoms with Crippen LogP contribution in [0.15, 0.2) is 52.7 Å². The predicted octanol–water partition coefficient (Wildman–Crippen LogP) is 3.87. The largest absolute Gasteiger partial charge is 0.435 e. The third kappa shape index (κ3) is 3.69. The lowest BCUT2D eigenvalue weighted by molar-refractivity contribution is -0.141. The minimum Gasteiger partial charge on any atom is -0.200 e. The number of benzene rings is 1. The minimum atomic E-state index is -4.69. The van der Waals surface area contributed by atoms with Gasteiger partial charge in [0.05, 0.1) is 9.77 Å². The Labute approximate surface area is 145 Å². The zero-order chi connectivity index (χ0) is 18.2. The van der Waals surface area contributed by atoms with Crippen LogP contribution in [-0.4, -0.2) is 18.3 Å². The lowest BCUT2D eigenvalue weighted by atomic mass is 10.2. The van der Waals surface area contributed by atoms with E-state index in [9.17, 15) is 21.6 Å². The van der Waals surface area contributed by atoms with Crippen molar-refractivity contribution in [3.05, 3.63) is 59.1 Å². The molecule has 2 heterocycles. The maximum Gasteiger partial charge on any atom is 0.435 e. The second-order valence-corrected chi connectivity index (χ2v) is 7.79. The molecule has 0 fully saturated rings. The Morgan fingerprint density at radius 1 is 1.16 bits per heavy atom. The normalized spacial score (nSPS) is 12.3. The highest BCUT2D eigenvalue weighted by molar-refractivity contribution is 7.92. The van der Waals surface area contributed by atoms with Gasteiger partial charge in [0.2, 0.25) is 0 Å². The summed E-state index contributed by atoms with van der Waals surface area (Å²) < 4.78 is 63.8. The molecule has 0 aliphatic rings. The molecule has 5 nitrogen and oxygen atoms in total. The zero-order valence-corrected chi connectivity index (χ0v) is 14.4. The van der Waals surface area contributed by atoms with Crippen LogP contribution in [0.1, 0.15) is 11.3 Å². The van der Waals surface area contributed by atoms with Crippen molar-refractivity contribution in [2.75, 3.05) is 4.83 Å². The quantitative estimate of drug-likeness (QED) is 0.739. The van der Waals surface area contributed by atoms with Crippen molar-refractivity contribution in [1.29, 1.82) is 0 Å². The third-order valence-corrected chi connectivity index (χ3v) is 5.62. The molecule has 0 unspecified atom stereocenters. The number of alkyl halides is 3. The number of sulfonamides is 1. The van der Waals surface area contributed by atoms with Gasteiger partial charge >= 0.3 is 6.18 Å². The smallest absolute Gasteiger partial charge is 0.200 e. The molecule has 0 amide bonds. The number of halogens is 3. The summed E-state index contributed by atoms with van der Waals surface area (Å²) in [6.07, 6.45) is -4.69. The van der Waals surface area contributed by atoms with Gasteiger partial charge in [-0.05, 0) is 42.1 Å². The number of rotatable bonds is 4. The van der Waals surface area contributed by atoms with E-state index in [4.69, 9.17) is 0 Å². The molecule has 0 bridgehead atoms. The van der Waals surface area contributed by atoms with Crippen LogP contribution in [0.3, 0.4) is 0 Å². The second kappa shape index (κ2) is 6.19. The van der Waals surface area contributed by atoms with Crippen LogP contribution in [-0.2, 0) is 16.2 Å². The number of nitrogens with zero attached hydrogens (tertiary/aromatic N) is 2. The van der Waals surface area contributed by atoms with Crippen LogP contribution in [0.25, 0.3) is 10.6 Å². The van der Waals surface area contributed by atoms with Crippen molar-refractivity contribution in [3.63, 3.8) is 0 Å². The number of nitrogens with one attached hydrogen (secondary N) is 1. The van der Waals surface area contributed by atoms with Crippen LogP contribution in [0.4, 0.5) is 13.2 Å². The molecule has 2 aromatic heterocycles. The number of aryl methyl sites for hydroxylation is 1. The molecule has 3 aromatic rings. The molecule has 0 aliphatic carbocycles. The zero-order valence-electron chi connectivity index (χ0n) is 12.8. The summed E-state index contributed by atoms with van der Waals surface area (Å²) >= 11 is 1.20. The maximum atomic E-state index is 13.0. The molecule has 0 atom stereocenters. The summed E-state index contributed by atoms with van der Waals surface area (Å²) in [5.74, 6) is 0. The Hall–Kier alpha value is -2.33. The summed E-state index contributed by atoms with van der Waals surface area (Å²) in [4.78, 5) is 3.13. The summed E-state index contributed by atoms with van der Waals surface area (Å²) in [5.41, 5.74) is -0.304.